The number of rotatable bonds is 3. The third-order valence-electron chi connectivity index (χ3n) is 5.61. The molecule has 6 nitrogen and oxygen atoms in total. The average molecular weight is 409 g/mol. The summed E-state index contributed by atoms with van der Waals surface area (Å²) in [5.74, 6) is 0.793. The van der Waals surface area contributed by atoms with E-state index < -0.39 is 0 Å². The van der Waals surface area contributed by atoms with Crippen molar-refractivity contribution in [3.05, 3.63) is 54.0 Å². The smallest absolute Gasteiger partial charge is 0.178 e. The number of aromatic nitrogens is 5. The summed E-state index contributed by atoms with van der Waals surface area (Å²) >= 11 is 0. The van der Waals surface area contributed by atoms with Gasteiger partial charge in [-0.1, -0.05) is 18.2 Å². The zero-order valence-electron chi connectivity index (χ0n) is 16.6. The van der Waals surface area contributed by atoms with Crippen LogP contribution in [0.25, 0.3) is 33.7 Å². The summed E-state index contributed by atoms with van der Waals surface area (Å²) in [6.07, 6.45) is 9.00. The topological polar surface area (TPSA) is 85.4 Å². The molecule has 0 saturated heterocycles. The zero-order valence-corrected chi connectivity index (χ0v) is 17.4. The molecule has 1 aromatic carbocycles. The fourth-order valence-corrected chi connectivity index (χ4v) is 4.05. The number of pyridine rings is 1. The fraction of sp³-hybridized carbons (Fsp3) is 0.318. The van der Waals surface area contributed by atoms with Gasteiger partial charge in [0.25, 0.3) is 0 Å². The molecule has 0 saturated carbocycles. The molecular formula is C22H25ClN6. The number of aryl methyl sites for hydroxylation is 1. The van der Waals surface area contributed by atoms with Crippen LogP contribution in [0.5, 0.6) is 0 Å². The van der Waals surface area contributed by atoms with Gasteiger partial charge in [-0.25, -0.2) is 9.97 Å². The van der Waals surface area contributed by atoms with Crippen LogP contribution in [-0.4, -0.2) is 24.7 Å². The van der Waals surface area contributed by atoms with Crippen LogP contribution in [-0.2, 0) is 6.42 Å². The molecule has 150 valence electrons. The van der Waals surface area contributed by atoms with Crippen LogP contribution in [0.1, 0.15) is 49.9 Å². The summed E-state index contributed by atoms with van der Waals surface area (Å²) in [5, 5.41) is 4.42. The van der Waals surface area contributed by atoms with E-state index in [9.17, 15) is 0 Å². The molecule has 0 fully saturated rings. The van der Waals surface area contributed by atoms with Gasteiger partial charge >= 0.3 is 0 Å². The molecule has 0 radical (unpaired) electrons. The second kappa shape index (κ2) is 7.61. The summed E-state index contributed by atoms with van der Waals surface area (Å²) in [6.45, 7) is 4.22. The van der Waals surface area contributed by atoms with Crippen molar-refractivity contribution in [3.63, 3.8) is 0 Å². The number of hydrogen-bond acceptors (Lipinski definition) is 4. The van der Waals surface area contributed by atoms with Crippen LogP contribution in [0.3, 0.4) is 0 Å². The first-order chi connectivity index (χ1) is 13.6. The Bertz CT molecular complexity index is 1160. The molecule has 1 aliphatic carbocycles. The van der Waals surface area contributed by atoms with E-state index in [1.54, 1.807) is 0 Å². The lowest BCUT2D eigenvalue weighted by atomic mass is 9.86. The van der Waals surface area contributed by atoms with Crippen LogP contribution < -0.4 is 5.73 Å². The van der Waals surface area contributed by atoms with Gasteiger partial charge in [-0.2, -0.15) is 5.10 Å². The van der Waals surface area contributed by atoms with E-state index >= 15 is 0 Å². The predicted octanol–water partition coefficient (Wildman–Crippen LogP) is 4.83. The van der Waals surface area contributed by atoms with Crippen molar-refractivity contribution in [2.24, 2.45) is 5.73 Å². The molecule has 3 N–H and O–H groups in total. The maximum atomic E-state index is 6.28. The number of hydrogen-bond donors (Lipinski definition) is 2. The minimum atomic E-state index is 0. The largest absolute Gasteiger partial charge is 0.336 e. The lowest BCUT2D eigenvalue weighted by Crippen LogP contribution is -2.17. The van der Waals surface area contributed by atoms with Crippen molar-refractivity contribution in [1.29, 1.82) is 0 Å². The second-order valence-corrected chi connectivity index (χ2v) is 7.86. The molecule has 1 aliphatic rings. The molecular weight excluding hydrogens is 384 g/mol. The zero-order chi connectivity index (χ0) is 19.3. The maximum Gasteiger partial charge on any atom is 0.178 e. The van der Waals surface area contributed by atoms with Crippen LogP contribution in [0.15, 0.2) is 42.9 Å². The van der Waals surface area contributed by atoms with Crippen LogP contribution in [0.2, 0.25) is 0 Å². The highest BCUT2D eigenvalue weighted by Crippen LogP contribution is 2.34. The Labute approximate surface area is 176 Å². The van der Waals surface area contributed by atoms with Gasteiger partial charge in [-0.3, -0.25) is 4.68 Å². The number of benzene rings is 1. The highest BCUT2D eigenvalue weighted by molar-refractivity contribution is 5.91. The number of imidazole rings is 1. The molecule has 3 heterocycles. The van der Waals surface area contributed by atoms with Gasteiger partial charge in [-0.15, -0.1) is 12.4 Å². The van der Waals surface area contributed by atoms with Gasteiger partial charge in [0.15, 0.2) is 5.65 Å². The molecule has 0 bridgehead atoms. The predicted molar refractivity (Wildman–Crippen MR) is 118 cm³/mol. The molecule has 7 heteroatoms. The maximum absolute atomic E-state index is 6.28. The lowest BCUT2D eigenvalue weighted by Gasteiger charge is -2.22. The summed E-state index contributed by atoms with van der Waals surface area (Å²) in [4.78, 5) is 12.6. The average Bonchev–Trinajstić information content (AvgIpc) is 3.34. The third kappa shape index (κ3) is 3.43. The monoisotopic (exact) mass is 408 g/mol. The Hall–Kier alpha value is -2.70. The molecule has 1 atom stereocenters. The number of aromatic amines is 1. The third-order valence-corrected chi connectivity index (χ3v) is 5.61. The highest BCUT2D eigenvalue weighted by atomic mass is 35.5. The van der Waals surface area contributed by atoms with E-state index in [1.807, 2.05) is 29.3 Å². The lowest BCUT2D eigenvalue weighted by molar-refractivity contribution is 0.532. The second-order valence-electron chi connectivity index (χ2n) is 7.86. The first-order valence-electron chi connectivity index (χ1n) is 9.88. The standard InChI is InChI=1S/C22H24N6.ClH/c1-13(2)28-12-16(11-25-28)21-26-20-18(8-9-24-22(20)27-21)15-6-7-17-14(10-15)4-3-5-19(17)23;/h6-13,19H,3-5,23H2,1-2H3,(H,24,26,27);1H. The molecule has 4 aromatic rings. The SMILES string of the molecule is CC(C)n1cc(-c2nc3nccc(-c4ccc5c(c4)CCCC5N)c3[nH]2)cn1.Cl. The Morgan fingerprint density at radius 1 is 1.21 bits per heavy atom. The summed E-state index contributed by atoms with van der Waals surface area (Å²) in [7, 11) is 0. The minimum Gasteiger partial charge on any atom is -0.336 e. The van der Waals surface area contributed by atoms with E-state index in [-0.39, 0.29) is 18.4 Å². The number of nitrogens with two attached hydrogens (primary N) is 1. The molecule has 29 heavy (non-hydrogen) atoms. The number of nitrogens with one attached hydrogen (secondary N) is 1. The number of nitrogens with zero attached hydrogens (tertiary/aromatic N) is 4. The molecule has 0 aliphatic heterocycles. The van der Waals surface area contributed by atoms with E-state index in [0.29, 0.717) is 6.04 Å². The van der Waals surface area contributed by atoms with E-state index in [4.69, 9.17) is 10.7 Å². The Balaban J connectivity index is 0.00000205. The van der Waals surface area contributed by atoms with Gasteiger partial charge in [0.05, 0.1) is 17.3 Å². The Morgan fingerprint density at radius 3 is 2.86 bits per heavy atom. The van der Waals surface area contributed by atoms with Crippen LogP contribution >= 0.6 is 12.4 Å². The van der Waals surface area contributed by atoms with Crippen LogP contribution in [0.4, 0.5) is 0 Å². The molecule has 1 unspecified atom stereocenters. The van der Waals surface area contributed by atoms with Gasteiger partial charge < -0.3 is 10.7 Å². The van der Waals surface area contributed by atoms with Crippen molar-refractivity contribution >= 4 is 23.6 Å². The minimum absolute atomic E-state index is 0. The van der Waals surface area contributed by atoms with Gasteiger partial charge in [-0.05, 0) is 55.9 Å². The highest BCUT2D eigenvalue weighted by Gasteiger charge is 2.18. The summed E-state index contributed by atoms with van der Waals surface area (Å²) in [5.41, 5.74) is 13.9. The normalized spacial score (nSPS) is 16.1. The van der Waals surface area contributed by atoms with Gasteiger partial charge in [0.1, 0.15) is 5.82 Å². The first kappa shape index (κ1) is 19.6. The quantitative estimate of drug-likeness (QED) is 0.508. The molecule has 5 rings (SSSR count). The Morgan fingerprint density at radius 2 is 2.07 bits per heavy atom. The van der Waals surface area contributed by atoms with Crippen LogP contribution in [0, 0.1) is 0 Å². The number of halogens is 1. The molecule has 0 amide bonds. The molecule has 0 spiro atoms. The van der Waals surface area contributed by atoms with Gasteiger partial charge in [0.2, 0.25) is 0 Å². The van der Waals surface area contributed by atoms with Crippen molar-refractivity contribution in [1.82, 2.24) is 24.7 Å². The van der Waals surface area contributed by atoms with Crippen molar-refractivity contribution in [2.75, 3.05) is 0 Å². The fourth-order valence-electron chi connectivity index (χ4n) is 4.05. The van der Waals surface area contributed by atoms with E-state index in [1.165, 1.54) is 16.7 Å². The van der Waals surface area contributed by atoms with E-state index in [0.717, 1.165) is 47.4 Å². The Kier molecular flexibility index (Phi) is 5.15. The summed E-state index contributed by atoms with van der Waals surface area (Å²) in [6, 6.07) is 9.15. The van der Waals surface area contributed by atoms with Gasteiger partial charge in [0, 0.05) is 30.0 Å². The van der Waals surface area contributed by atoms with Crippen molar-refractivity contribution in [2.45, 2.75) is 45.2 Å². The van der Waals surface area contributed by atoms with Crippen molar-refractivity contribution in [3.8, 4) is 22.5 Å². The molecule has 3 aromatic heterocycles. The number of H-pyrrole nitrogens is 1. The van der Waals surface area contributed by atoms with Crippen molar-refractivity contribution < 1.29 is 0 Å². The number of fused-ring (bicyclic) bond motifs is 2. The van der Waals surface area contributed by atoms with E-state index in [2.05, 4.69) is 47.1 Å². The first-order valence-corrected chi connectivity index (χ1v) is 9.88. The summed E-state index contributed by atoms with van der Waals surface area (Å²) < 4.78 is 1.93.